The minimum Gasteiger partial charge on any atom is -0.341 e. The largest absolute Gasteiger partial charge is 0.341 e. The standard InChI is InChI=1S/C29H27FN6O/c1-20-7-2-3-8-23(20)27-32-33-28-24-9-4-5-10-25(24)31-29(36(27)28)35-16-6-15-34(17-18-35)26(37)19-21-11-13-22(30)14-12-21/h2-5,7-14H,6,15-19H2,1H3. The van der Waals surface area contributed by atoms with Crippen molar-refractivity contribution in [1.29, 1.82) is 0 Å². The van der Waals surface area contributed by atoms with Crippen molar-refractivity contribution in [1.82, 2.24) is 24.5 Å². The van der Waals surface area contributed by atoms with E-state index in [4.69, 9.17) is 4.98 Å². The number of para-hydroxylation sites is 1. The molecular formula is C29H27FN6O. The van der Waals surface area contributed by atoms with Gasteiger partial charge in [0.15, 0.2) is 11.5 Å². The van der Waals surface area contributed by atoms with Crippen LogP contribution in [0.25, 0.3) is 27.9 Å². The highest BCUT2D eigenvalue weighted by Crippen LogP contribution is 2.30. The zero-order valence-electron chi connectivity index (χ0n) is 20.6. The van der Waals surface area contributed by atoms with Gasteiger partial charge in [-0.15, -0.1) is 10.2 Å². The number of amides is 1. The number of nitrogens with zero attached hydrogens (tertiary/aromatic N) is 6. The summed E-state index contributed by atoms with van der Waals surface area (Å²) in [5.41, 5.74) is 4.58. The Morgan fingerprint density at radius 1 is 0.892 bits per heavy atom. The van der Waals surface area contributed by atoms with Crippen LogP contribution in [-0.4, -0.2) is 56.6 Å². The van der Waals surface area contributed by atoms with Gasteiger partial charge in [0.05, 0.1) is 11.9 Å². The maximum absolute atomic E-state index is 13.3. The van der Waals surface area contributed by atoms with E-state index in [2.05, 4.69) is 38.6 Å². The summed E-state index contributed by atoms with van der Waals surface area (Å²) in [6.45, 7) is 4.71. The molecule has 2 aromatic heterocycles. The van der Waals surface area contributed by atoms with Crippen LogP contribution >= 0.6 is 0 Å². The molecule has 1 aliphatic heterocycles. The Morgan fingerprint density at radius 2 is 1.68 bits per heavy atom. The molecule has 37 heavy (non-hydrogen) atoms. The quantitative estimate of drug-likeness (QED) is 0.363. The molecule has 7 nitrogen and oxygen atoms in total. The van der Waals surface area contributed by atoms with Crippen LogP contribution in [0.3, 0.4) is 0 Å². The maximum Gasteiger partial charge on any atom is 0.227 e. The predicted octanol–water partition coefficient (Wildman–Crippen LogP) is 4.67. The normalized spacial score (nSPS) is 14.3. The minimum absolute atomic E-state index is 0.0509. The van der Waals surface area contributed by atoms with Crippen LogP contribution in [0.4, 0.5) is 10.3 Å². The summed E-state index contributed by atoms with van der Waals surface area (Å²) < 4.78 is 15.3. The van der Waals surface area contributed by atoms with Crippen molar-refractivity contribution in [2.75, 3.05) is 31.1 Å². The average molecular weight is 495 g/mol. The molecule has 5 aromatic rings. The third-order valence-corrected chi connectivity index (χ3v) is 7.01. The number of hydrogen-bond acceptors (Lipinski definition) is 5. The molecule has 0 atom stereocenters. The highest BCUT2D eigenvalue weighted by atomic mass is 19.1. The second-order valence-electron chi connectivity index (χ2n) is 9.45. The van der Waals surface area contributed by atoms with E-state index < -0.39 is 0 Å². The lowest BCUT2D eigenvalue weighted by Gasteiger charge is -2.24. The molecule has 0 bridgehead atoms. The molecule has 186 valence electrons. The molecule has 0 unspecified atom stereocenters. The van der Waals surface area contributed by atoms with Crippen molar-refractivity contribution in [2.24, 2.45) is 0 Å². The number of anilines is 1. The van der Waals surface area contributed by atoms with Crippen LogP contribution in [0.2, 0.25) is 0 Å². The number of aromatic nitrogens is 4. The Hall–Kier alpha value is -4.33. The van der Waals surface area contributed by atoms with E-state index in [9.17, 15) is 9.18 Å². The summed E-state index contributed by atoms with van der Waals surface area (Å²) in [5, 5.41) is 10.1. The fourth-order valence-electron chi connectivity index (χ4n) is 5.03. The molecule has 8 heteroatoms. The van der Waals surface area contributed by atoms with Crippen LogP contribution in [0.15, 0.2) is 72.8 Å². The Balaban J connectivity index is 1.35. The Morgan fingerprint density at radius 3 is 2.51 bits per heavy atom. The van der Waals surface area contributed by atoms with Crippen LogP contribution in [0.1, 0.15) is 17.5 Å². The SMILES string of the molecule is Cc1ccccc1-c1nnc2c3ccccc3nc(N3CCCN(C(=O)Cc4ccc(F)cc4)CC3)n12. The van der Waals surface area contributed by atoms with Crippen molar-refractivity contribution in [3.63, 3.8) is 0 Å². The van der Waals surface area contributed by atoms with Gasteiger partial charge in [-0.3, -0.25) is 4.79 Å². The minimum atomic E-state index is -0.296. The molecule has 3 aromatic carbocycles. The smallest absolute Gasteiger partial charge is 0.227 e. The zero-order chi connectivity index (χ0) is 25.4. The second kappa shape index (κ2) is 9.61. The van der Waals surface area contributed by atoms with E-state index in [1.807, 2.05) is 41.3 Å². The van der Waals surface area contributed by atoms with Gasteiger partial charge in [0.2, 0.25) is 11.9 Å². The summed E-state index contributed by atoms with van der Waals surface area (Å²) >= 11 is 0. The van der Waals surface area contributed by atoms with Crippen LogP contribution in [0, 0.1) is 12.7 Å². The fourth-order valence-corrected chi connectivity index (χ4v) is 5.03. The summed E-state index contributed by atoms with van der Waals surface area (Å²) in [6.07, 6.45) is 1.08. The van der Waals surface area contributed by atoms with E-state index in [0.717, 1.165) is 58.0 Å². The van der Waals surface area contributed by atoms with Gasteiger partial charge >= 0.3 is 0 Å². The predicted molar refractivity (Wildman–Crippen MR) is 142 cm³/mol. The number of carbonyl (C=O) groups excluding carboxylic acids is 1. The lowest BCUT2D eigenvalue weighted by molar-refractivity contribution is -0.130. The number of benzene rings is 3. The van der Waals surface area contributed by atoms with E-state index in [0.29, 0.717) is 19.6 Å². The highest BCUT2D eigenvalue weighted by Gasteiger charge is 2.25. The van der Waals surface area contributed by atoms with Crippen molar-refractivity contribution in [2.45, 2.75) is 19.8 Å². The summed E-state index contributed by atoms with van der Waals surface area (Å²) in [4.78, 5) is 22.2. The van der Waals surface area contributed by atoms with Crippen LogP contribution < -0.4 is 4.90 Å². The number of carbonyl (C=O) groups is 1. The molecular weight excluding hydrogens is 467 g/mol. The lowest BCUT2D eigenvalue weighted by atomic mass is 10.1. The van der Waals surface area contributed by atoms with Crippen molar-refractivity contribution >= 4 is 28.4 Å². The molecule has 0 saturated carbocycles. The van der Waals surface area contributed by atoms with Crippen molar-refractivity contribution < 1.29 is 9.18 Å². The first-order chi connectivity index (χ1) is 18.1. The zero-order valence-corrected chi connectivity index (χ0v) is 20.6. The first-order valence-corrected chi connectivity index (χ1v) is 12.6. The molecule has 1 aliphatic rings. The fraction of sp³-hybridized carbons (Fsp3) is 0.241. The van der Waals surface area contributed by atoms with Crippen LogP contribution in [-0.2, 0) is 11.2 Å². The first-order valence-electron chi connectivity index (χ1n) is 12.6. The summed E-state index contributed by atoms with van der Waals surface area (Å²) in [5.74, 6) is 1.30. The van der Waals surface area contributed by atoms with Gasteiger partial charge in [0.25, 0.3) is 0 Å². The third-order valence-electron chi connectivity index (χ3n) is 7.01. The molecule has 3 heterocycles. The first kappa shape index (κ1) is 23.1. The highest BCUT2D eigenvalue weighted by molar-refractivity contribution is 5.93. The van der Waals surface area contributed by atoms with Gasteiger partial charge in [-0.2, -0.15) is 0 Å². The molecule has 1 amide bonds. The summed E-state index contributed by atoms with van der Waals surface area (Å²) in [6, 6.07) is 22.3. The topological polar surface area (TPSA) is 66.6 Å². The lowest BCUT2D eigenvalue weighted by Crippen LogP contribution is -2.36. The Bertz CT molecular complexity index is 1600. The van der Waals surface area contributed by atoms with Gasteiger partial charge in [-0.1, -0.05) is 48.5 Å². The average Bonchev–Trinajstić information content (AvgIpc) is 3.20. The molecule has 1 saturated heterocycles. The van der Waals surface area contributed by atoms with Crippen molar-refractivity contribution in [3.05, 3.63) is 89.7 Å². The van der Waals surface area contributed by atoms with Gasteiger partial charge in [0, 0.05) is 37.1 Å². The molecule has 0 N–H and O–H groups in total. The third kappa shape index (κ3) is 4.39. The Kier molecular flexibility index (Phi) is 6.00. The number of fused-ring (bicyclic) bond motifs is 3. The van der Waals surface area contributed by atoms with Gasteiger partial charge in [-0.25, -0.2) is 13.8 Å². The molecule has 0 spiro atoms. The maximum atomic E-state index is 13.3. The molecule has 6 rings (SSSR count). The monoisotopic (exact) mass is 494 g/mol. The number of aryl methyl sites for hydroxylation is 1. The Labute approximate surface area is 214 Å². The second-order valence-corrected chi connectivity index (χ2v) is 9.45. The van der Waals surface area contributed by atoms with E-state index in [-0.39, 0.29) is 18.1 Å². The van der Waals surface area contributed by atoms with Gasteiger partial charge < -0.3 is 9.80 Å². The van der Waals surface area contributed by atoms with Gasteiger partial charge in [-0.05, 0) is 48.7 Å². The van der Waals surface area contributed by atoms with E-state index in [1.165, 1.54) is 12.1 Å². The van der Waals surface area contributed by atoms with E-state index >= 15 is 0 Å². The van der Waals surface area contributed by atoms with Crippen molar-refractivity contribution in [3.8, 4) is 11.4 Å². The molecule has 0 aliphatic carbocycles. The van der Waals surface area contributed by atoms with Gasteiger partial charge in [0.1, 0.15) is 5.82 Å². The summed E-state index contributed by atoms with van der Waals surface area (Å²) in [7, 11) is 0. The van der Waals surface area contributed by atoms with Crippen LogP contribution in [0.5, 0.6) is 0 Å². The number of halogens is 1. The van der Waals surface area contributed by atoms with E-state index in [1.54, 1.807) is 12.1 Å². The number of hydrogen-bond donors (Lipinski definition) is 0. The molecule has 1 fully saturated rings. The number of rotatable bonds is 4. The molecule has 0 radical (unpaired) electrons.